The predicted molar refractivity (Wildman–Crippen MR) is 93.8 cm³/mol. The van der Waals surface area contributed by atoms with Crippen LogP contribution in [0.2, 0.25) is 0 Å². The number of ether oxygens (including phenoxy) is 1. The molecule has 2 aromatic carbocycles. The maximum absolute atomic E-state index is 12.3. The Morgan fingerprint density at radius 3 is 2.54 bits per heavy atom. The lowest BCUT2D eigenvalue weighted by Gasteiger charge is -2.11. The molecule has 4 nitrogen and oxygen atoms in total. The number of hydrogen-bond acceptors (Lipinski definition) is 3. The van der Waals surface area contributed by atoms with Gasteiger partial charge in [0.25, 0.3) is 5.91 Å². The molecule has 0 saturated heterocycles. The van der Waals surface area contributed by atoms with Crippen LogP contribution in [0.5, 0.6) is 5.75 Å². The van der Waals surface area contributed by atoms with Crippen molar-refractivity contribution in [2.75, 3.05) is 7.11 Å². The van der Waals surface area contributed by atoms with Crippen molar-refractivity contribution in [3.63, 3.8) is 0 Å². The largest absolute Gasteiger partial charge is 0.496 e. The highest BCUT2D eigenvalue weighted by molar-refractivity contribution is 5.95. The fourth-order valence-corrected chi connectivity index (χ4v) is 2.46. The highest BCUT2D eigenvalue weighted by Gasteiger charge is 2.11. The number of methoxy groups -OCH3 is 1. The number of carbonyl (C=O) groups is 1. The lowest BCUT2D eigenvalue weighted by Crippen LogP contribution is -2.23. The van der Waals surface area contributed by atoms with E-state index in [-0.39, 0.29) is 5.91 Å². The molecule has 0 fully saturated rings. The molecule has 3 aromatic rings. The summed E-state index contributed by atoms with van der Waals surface area (Å²) in [5, 5.41) is 2.87. The number of aromatic nitrogens is 1. The van der Waals surface area contributed by atoms with Crippen LogP contribution in [0.1, 0.15) is 16.1 Å². The van der Waals surface area contributed by atoms with Crippen LogP contribution in [0.3, 0.4) is 0 Å². The summed E-state index contributed by atoms with van der Waals surface area (Å²) in [7, 11) is 1.61. The van der Waals surface area contributed by atoms with Crippen LogP contribution in [0.15, 0.2) is 72.9 Å². The van der Waals surface area contributed by atoms with Gasteiger partial charge in [0.15, 0.2) is 0 Å². The molecule has 0 spiro atoms. The lowest BCUT2D eigenvalue weighted by atomic mass is 10.0. The normalized spacial score (nSPS) is 10.2. The van der Waals surface area contributed by atoms with Crippen LogP contribution < -0.4 is 10.1 Å². The summed E-state index contributed by atoms with van der Waals surface area (Å²) in [6.07, 6.45) is 1.71. The summed E-state index contributed by atoms with van der Waals surface area (Å²) in [6, 6.07) is 21.0. The molecule has 4 heteroatoms. The molecule has 0 radical (unpaired) electrons. The van der Waals surface area contributed by atoms with Crippen LogP contribution >= 0.6 is 0 Å². The summed E-state index contributed by atoms with van der Waals surface area (Å²) in [5.74, 6) is 0.519. The van der Waals surface area contributed by atoms with Crippen LogP contribution in [0, 0.1) is 0 Å². The molecule has 0 bridgehead atoms. The third-order valence-electron chi connectivity index (χ3n) is 3.70. The predicted octanol–water partition coefficient (Wildman–Crippen LogP) is 3.69. The first-order valence-corrected chi connectivity index (χ1v) is 7.69. The van der Waals surface area contributed by atoms with Gasteiger partial charge in [0.05, 0.1) is 19.3 Å². The molecular formula is C20H18N2O2. The minimum atomic E-state index is -0.154. The summed E-state index contributed by atoms with van der Waals surface area (Å²) in [5.41, 5.74) is 3.38. The fraction of sp³-hybridized carbons (Fsp3) is 0.100. The van der Waals surface area contributed by atoms with E-state index < -0.39 is 0 Å². The molecule has 0 saturated carbocycles. The van der Waals surface area contributed by atoms with Gasteiger partial charge < -0.3 is 10.1 Å². The van der Waals surface area contributed by atoms with Crippen molar-refractivity contribution >= 4 is 5.91 Å². The number of hydrogen-bond donors (Lipinski definition) is 1. The molecule has 0 atom stereocenters. The van der Waals surface area contributed by atoms with Crippen LogP contribution in [0.4, 0.5) is 0 Å². The number of benzene rings is 2. The Morgan fingerprint density at radius 1 is 1.04 bits per heavy atom. The van der Waals surface area contributed by atoms with Crippen LogP contribution in [-0.2, 0) is 6.54 Å². The second-order valence-electron chi connectivity index (χ2n) is 5.28. The first-order valence-electron chi connectivity index (χ1n) is 7.69. The standard InChI is InChI=1S/C20H18N2O2/c1-24-19-13-16(10-11-18(19)15-7-3-2-4-8-15)20(23)22-14-17-9-5-6-12-21-17/h2-13H,14H2,1H3,(H,22,23). The number of nitrogens with one attached hydrogen (secondary N) is 1. The molecule has 1 aromatic heterocycles. The van der Waals surface area contributed by atoms with Crippen molar-refractivity contribution in [2.24, 2.45) is 0 Å². The Morgan fingerprint density at radius 2 is 1.83 bits per heavy atom. The summed E-state index contributed by atoms with van der Waals surface area (Å²) < 4.78 is 5.46. The Kier molecular flexibility index (Phi) is 4.87. The van der Waals surface area contributed by atoms with Crippen molar-refractivity contribution in [3.8, 4) is 16.9 Å². The van der Waals surface area contributed by atoms with E-state index in [1.165, 1.54) is 0 Å². The number of nitrogens with zero attached hydrogens (tertiary/aromatic N) is 1. The average Bonchev–Trinajstić information content (AvgIpc) is 2.67. The molecule has 1 heterocycles. The van der Waals surface area contributed by atoms with E-state index in [1.807, 2.05) is 54.6 Å². The molecule has 3 rings (SSSR count). The van der Waals surface area contributed by atoms with E-state index in [0.717, 1.165) is 16.8 Å². The maximum atomic E-state index is 12.3. The first-order chi connectivity index (χ1) is 11.8. The number of pyridine rings is 1. The molecular weight excluding hydrogens is 300 g/mol. The molecule has 0 aliphatic rings. The molecule has 24 heavy (non-hydrogen) atoms. The quantitative estimate of drug-likeness (QED) is 0.780. The van der Waals surface area contributed by atoms with Gasteiger partial charge in [-0.1, -0.05) is 36.4 Å². The Labute approximate surface area is 141 Å². The van der Waals surface area contributed by atoms with Crippen molar-refractivity contribution in [1.82, 2.24) is 10.3 Å². The summed E-state index contributed by atoms with van der Waals surface area (Å²) in [4.78, 5) is 16.5. The molecule has 0 unspecified atom stereocenters. The van der Waals surface area contributed by atoms with Gasteiger partial charge in [-0.15, -0.1) is 0 Å². The third kappa shape index (κ3) is 3.60. The molecule has 0 aliphatic heterocycles. The van der Waals surface area contributed by atoms with Crippen LogP contribution in [0.25, 0.3) is 11.1 Å². The van der Waals surface area contributed by atoms with Crippen molar-refractivity contribution in [3.05, 3.63) is 84.2 Å². The maximum Gasteiger partial charge on any atom is 0.251 e. The second kappa shape index (κ2) is 7.42. The van der Waals surface area contributed by atoms with Gasteiger partial charge in [-0.3, -0.25) is 9.78 Å². The highest BCUT2D eigenvalue weighted by Crippen LogP contribution is 2.30. The Balaban J connectivity index is 1.78. The fourth-order valence-electron chi connectivity index (χ4n) is 2.46. The smallest absolute Gasteiger partial charge is 0.251 e. The van der Waals surface area contributed by atoms with E-state index in [1.54, 1.807) is 25.4 Å². The van der Waals surface area contributed by atoms with E-state index >= 15 is 0 Å². The number of carbonyl (C=O) groups excluding carboxylic acids is 1. The molecule has 0 aliphatic carbocycles. The summed E-state index contributed by atoms with van der Waals surface area (Å²) >= 11 is 0. The monoisotopic (exact) mass is 318 g/mol. The zero-order chi connectivity index (χ0) is 16.8. The second-order valence-corrected chi connectivity index (χ2v) is 5.28. The molecule has 1 amide bonds. The van der Waals surface area contributed by atoms with Crippen molar-refractivity contribution in [1.29, 1.82) is 0 Å². The van der Waals surface area contributed by atoms with Crippen molar-refractivity contribution < 1.29 is 9.53 Å². The molecule has 1 N–H and O–H groups in total. The Bertz CT molecular complexity index is 818. The third-order valence-corrected chi connectivity index (χ3v) is 3.70. The van der Waals surface area contributed by atoms with Gasteiger partial charge in [-0.2, -0.15) is 0 Å². The van der Waals surface area contributed by atoms with Gasteiger partial charge >= 0.3 is 0 Å². The Hall–Kier alpha value is -3.14. The van der Waals surface area contributed by atoms with Crippen LogP contribution in [-0.4, -0.2) is 18.0 Å². The number of amides is 1. The van der Waals surface area contributed by atoms with E-state index in [0.29, 0.717) is 17.9 Å². The van der Waals surface area contributed by atoms with E-state index in [9.17, 15) is 4.79 Å². The van der Waals surface area contributed by atoms with Gasteiger partial charge in [-0.05, 0) is 35.9 Å². The van der Waals surface area contributed by atoms with Gasteiger partial charge in [-0.25, -0.2) is 0 Å². The minimum absolute atomic E-state index is 0.154. The highest BCUT2D eigenvalue weighted by atomic mass is 16.5. The van der Waals surface area contributed by atoms with Gasteiger partial charge in [0.2, 0.25) is 0 Å². The zero-order valence-electron chi connectivity index (χ0n) is 13.4. The van der Waals surface area contributed by atoms with Gasteiger partial charge in [0, 0.05) is 17.3 Å². The molecule has 120 valence electrons. The first kappa shape index (κ1) is 15.7. The zero-order valence-corrected chi connectivity index (χ0v) is 13.4. The van der Waals surface area contributed by atoms with Crippen molar-refractivity contribution in [2.45, 2.75) is 6.54 Å². The topological polar surface area (TPSA) is 51.2 Å². The van der Waals surface area contributed by atoms with Gasteiger partial charge in [0.1, 0.15) is 5.75 Å². The average molecular weight is 318 g/mol. The minimum Gasteiger partial charge on any atom is -0.496 e. The SMILES string of the molecule is COc1cc(C(=O)NCc2ccccn2)ccc1-c1ccccc1. The summed E-state index contributed by atoms with van der Waals surface area (Å²) in [6.45, 7) is 0.391. The van der Waals surface area contributed by atoms with E-state index in [2.05, 4.69) is 10.3 Å². The number of rotatable bonds is 5. The lowest BCUT2D eigenvalue weighted by molar-refractivity contribution is 0.0950. The van der Waals surface area contributed by atoms with E-state index in [4.69, 9.17) is 4.74 Å².